The second-order valence-electron chi connectivity index (χ2n) is 8.20. The van der Waals surface area contributed by atoms with Crippen LogP contribution in [0, 0.1) is 17.1 Å². The molecule has 0 aliphatic carbocycles. The van der Waals surface area contributed by atoms with Gasteiger partial charge >= 0.3 is 0 Å². The van der Waals surface area contributed by atoms with Crippen LogP contribution in [0.25, 0.3) is 0 Å². The van der Waals surface area contributed by atoms with E-state index in [4.69, 9.17) is 10.00 Å². The number of benzene rings is 2. The van der Waals surface area contributed by atoms with Crippen LogP contribution in [0.4, 0.5) is 4.39 Å². The first-order valence-electron chi connectivity index (χ1n) is 10.6. The number of nitriles is 1. The number of hydrogen-bond acceptors (Lipinski definition) is 5. The van der Waals surface area contributed by atoms with E-state index in [1.807, 2.05) is 10.7 Å². The third-order valence-corrected chi connectivity index (χ3v) is 5.86. The molecule has 0 spiro atoms. The second-order valence-corrected chi connectivity index (χ2v) is 8.20. The highest BCUT2D eigenvalue weighted by Crippen LogP contribution is 2.26. The molecule has 0 bridgehead atoms. The average molecular weight is 468 g/mol. The molecule has 1 aromatic heterocycles. The van der Waals surface area contributed by atoms with Gasteiger partial charge < -0.3 is 10.1 Å². The maximum Gasteiger partial charge on any atom is 0.272 e. The topological polar surface area (TPSA) is 83.2 Å². The molecule has 0 saturated carbocycles. The molecule has 170 valence electrons. The predicted octanol–water partition coefficient (Wildman–Crippen LogP) is 3.06. The molecule has 1 amide bonds. The molecule has 0 saturated heterocycles. The van der Waals surface area contributed by atoms with Crippen molar-refractivity contribution in [1.29, 1.82) is 5.26 Å². The zero-order valence-electron chi connectivity index (χ0n) is 17.8. The van der Waals surface area contributed by atoms with Crippen LogP contribution in [-0.2, 0) is 26.1 Å². The molecule has 0 fully saturated rings. The molecule has 3 heterocycles. The number of nitrogens with zero attached hydrogens (tertiary/aromatic N) is 4. The number of carbonyl (C=O) groups is 1. The second kappa shape index (κ2) is 9.61. The molecular formula is C24H23ClFN5O2. The van der Waals surface area contributed by atoms with Crippen LogP contribution in [0.1, 0.15) is 32.9 Å². The predicted molar refractivity (Wildman–Crippen MR) is 122 cm³/mol. The molecule has 1 N–H and O–H groups in total. The summed E-state index contributed by atoms with van der Waals surface area (Å²) in [5, 5.41) is 16.6. The lowest BCUT2D eigenvalue weighted by atomic mass is 10.0. The smallest absolute Gasteiger partial charge is 0.272 e. The number of carbonyl (C=O) groups excluding carboxylic acids is 1. The van der Waals surface area contributed by atoms with Crippen LogP contribution in [0.2, 0.25) is 0 Å². The van der Waals surface area contributed by atoms with Crippen LogP contribution < -0.4 is 10.1 Å². The number of aromatic nitrogens is 2. The first-order valence-corrected chi connectivity index (χ1v) is 10.6. The Morgan fingerprint density at radius 2 is 2.03 bits per heavy atom. The van der Waals surface area contributed by atoms with Crippen molar-refractivity contribution < 1.29 is 13.9 Å². The van der Waals surface area contributed by atoms with Gasteiger partial charge in [-0.1, -0.05) is 12.1 Å². The molecule has 0 unspecified atom stereocenters. The Kier molecular flexibility index (Phi) is 6.63. The normalized spacial score (nSPS) is 17.0. The monoisotopic (exact) mass is 467 g/mol. The van der Waals surface area contributed by atoms with E-state index < -0.39 is 0 Å². The quantitative estimate of drug-likeness (QED) is 0.637. The lowest BCUT2D eigenvalue weighted by Gasteiger charge is -2.27. The zero-order valence-corrected chi connectivity index (χ0v) is 18.6. The Morgan fingerprint density at radius 1 is 1.21 bits per heavy atom. The fraction of sp³-hybridized carbons (Fsp3) is 0.292. The summed E-state index contributed by atoms with van der Waals surface area (Å²) in [7, 11) is 0. The average Bonchev–Trinajstić information content (AvgIpc) is 3.24. The minimum absolute atomic E-state index is 0. The van der Waals surface area contributed by atoms with Gasteiger partial charge in [-0.25, -0.2) is 4.39 Å². The molecule has 2 aliphatic rings. The van der Waals surface area contributed by atoms with E-state index in [0.717, 1.165) is 35.7 Å². The van der Waals surface area contributed by atoms with Gasteiger partial charge in [0.15, 0.2) is 5.69 Å². The Labute approximate surface area is 197 Å². The zero-order chi connectivity index (χ0) is 22.1. The number of hydrogen-bond donors (Lipinski definition) is 1. The van der Waals surface area contributed by atoms with Gasteiger partial charge in [-0.3, -0.25) is 14.4 Å². The van der Waals surface area contributed by atoms with E-state index in [1.165, 1.54) is 12.1 Å². The van der Waals surface area contributed by atoms with E-state index in [-0.39, 0.29) is 30.2 Å². The van der Waals surface area contributed by atoms with E-state index >= 15 is 0 Å². The van der Waals surface area contributed by atoms with Crippen molar-refractivity contribution in [1.82, 2.24) is 20.0 Å². The number of halogens is 2. The largest absolute Gasteiger partial charge is 0.491 e. The summed E-state index contributed by atoms with van der Waals surface area (Å²) in [4.78, 5) is 15.1. The minimum atomic E-state index is -0.238. The summed E-state index contributed by atoms with van der Waals surface area (Å²) < 4.78 is 20.8. The Balaban J connectivity index is 0.00000259. The fourth-order valence-electron chi connectivity index (χ4n) is 4.23. The van der Waals surface area contributed by atoms with Crippen molar-refractivity contribution in [2.45, 2.75) is 32.1 Å². The number of rotatable bonds is 4. The van der Waals surface area contributed by atoms with E-state index in [1.54, 1.807) is 30.3 Å². The molecule has 3 aromatic rings. The first kappa shape index (κ1) is 22.8. The summed E-state index contributed by atoms with van der Waals surface area (Å²) >= 11 is 0. The van der Waals surface area contributed by atoms with Gasteiger partial charge in [-0.2, -0.15) is 10.4 Å². The van der Waals surface area contributed by atoms with Crippen molar-refractivity contribution in [2.24, 2.45) is 0 Å². The summed E-state index contributed by atoms with van der Waals surface area (Å²) in [6.45, 7) is 3.27. The van der Waals surface area contributed by atoms with Gasteiger partial charge in [0.25, 0.3) is 5.91 Å². The van der Waals surface area contributed by atoms with Gasteiger partial charge in [0.2, 0.25) is 0 Å². The van der Waals surface area contributed by atoms with Crippen LogP contribution in [0.3, 0.4) is 0 Å². The van der Waals surface area contributed by atoms with Gasteiger partial charge in [0, 0.05) is 19.6 Å². The number of ether oxygens (including phenoxy) is 1. The Morgan fingerprint density at radius 3 is 2.82 bits per heavy atom. The molecule has 33 heavy (non-hydrogen) atoms. The standard InChI is InChI=1S/C24H22FN5O2.ClH/c25-19-4-1-16(2-5-19)13-29-7-8-30-21(14-29)11-22(28-30)24(31)27-20-10-18-9-17(12-26)3-6-23(18)32-15-20;/h1-6,9,11,20H,7-8,10,13-15H2,(H,27,31);1H/t20-;/m1./s1. The van der Waals surface area contributed by atoms with E-state index in [0.29, 0.717) is 37.4 Å². The van der Waals surface area contributed by atoms with Gasteiger partial charge in [0.1, 0.15) is 18.2 Å². The molecular weight excluding hydrogens is 445 g/mol. The van der Waals surface area contributed by atoms with Gasteiger partial charge in [-0.05, 0) is 53.9 Å². The highest BCUT2D eigenvalue weighted by Gasteiger charge is 2.25. The highest BCUT2D eigenvalue weighted by molar-refractivity contribution is 5.92. The van der Waals surface area contributed by atoms with Gasteiger partial charge in [0.05, 0.1) is 29.9 Å². The third-order valence-electron chi connectivity index (χ3n) is 5.86. The van der Waals surface area contributed by atoms with Crippen molar-refractivity contribution in [3.63, 3.8) is 0 Å². The van der Waals surface area contributed by atoms with Crippen LogP contribution in [0.15, 0.2) is 48.5 Å². The molecule has 1 atom stereocenters. The summed E-state index contributed by atoms with van der Waals surface area (Å²) in [6.07, 6.45) is 0.607. The molecule has 2 aromatic carbocycles. The summed E-state index contributed by atoms with van der Waals surface area (Å²) in [5.41, 5.74) is 3.91. The lowest BCUT2D eigenvalue weighted by Crippen LogP contribution is -2.42. The highest BCUT2D eigenvalue weighted by atomic mass is 35.5. The van der Waals surface area contributed by atoms with Crippen LogP contribution >= 0.6 is 12.4 Å². The van der Waals surface area contributed by atoms with Crippen molar-refractivity contribution in [3.05, 3.63) is 82.4 Å². The molecule has 5 rings (SSSR count). The molecule has 0 radical (unpaired) electrons. The van der Waals surface area contributed by atoms with E-state index in [2.05, 4.69) is 21.4 Å². The maximum absolute atomic E-state index is 13.1. The summed E-state index contributed by atoms with van der Waals surface area (Å²) in [6, 6.07) is 15.6. The van der Waals surface area contributed by atoms with Crippen molar-refractivity contribution >= 4 is 18.3 Å². The minimum Gasteiger partial charge on any atom is -0.491 e. The van der Waals surface area contributed by atoms with Crippen LogP contribution in [-0.4, -0.2) is 39.8 Å². The Bertz CT molecular complexity index is 1200. The maximum atomic E-state index is 13.1. The number of fused-ring (bicyclic) bond motifs is 2. The summed E-state index contributed by atoms with van der Waals surface area (Å²) in [5.74, 6) is 0.289. The SMILES string of the molecule is Cl.N#Cc1ccc2c(c1)C[C@@H](NC(=O)c1cc3n(n1)CCN(Cc1ccc(F)cc1)C3)CO2. The Hall–Kier alpha value is -3.41. The fourth-order valence-corrected chi connectivity index (χ4v) is 4.23. The first-order chi connectivity index (χ1) is 15.6. The molecule has 7 nitrogen and oxygen atoms in total. The van der Waals surface area contributed by atoms with E-state index in [9.17, 15) is 9.18 Å². The third kappa shape index (κ3) is 5.00. The molecule has 9 heteroatoms. The van der Waals surface area contributed by atoms with Crippen molar-refractivity contribution in [2.75, 3.05) is 13.2 Å². The van der Waals surface area contributed by atoms with Crippen molar-refractivity contribution in [3.8, 4) is 11.8 Å². The lowest BCUT2D eigenvalue weighted by molar-refractivity contribution is 0.0909. The van der Waals surface area contributed by atoms with Gasteiger partial charge in [-0.15, -0.1) is 12.4 Å². The molecule has 2 aliphatic heterocycles. The number of amides is 1. The number of nitrogens with one attached hydrogen (secondary N) is 1. The van der Waals surface area contributed by atoms with Crippen LogP contribution in [0.5, 0.6) is 5.75 Å².